The van der Waals surface area contributed by atoms with Crippen molar-refractivity contribution >= 4 is 5.91 Å². The second-order valence-electron chi connectivity index (χ2n) is 3.72. The van der Waals surface area contributed by atoms with Gasteiger partial charge in [0, 0.05) is 18.2 Å². The molecule has 1 amide bonds. The van der Waals surface area contributed by atoms with Crippen LogP contribution >= 0.6 is 0 Å². The first kappa shape index (κ1) is 11.7. The van der Waals surface area contributed by atoms with E-state index >= 15 is 0 Å². The Labute approximate surface area is 98.3 Å². The van der Waals surface area contributed by atoms with Gasteiger partial charge in [-0.2, -0.15) is 0 Å². The second kappa shape index (κ2) is 5.03. The molecule has 1 aliphatic heterocycles. The van der Waals surface area contributed by atoms with E-state index < -0.39 is 6.04 Å². The van der Waals surface area contributed by atoms with E-state index in [-0.39, 0.29) is 25.9 Å². The molecule has 17 heavy (non-hydrogen) atoms. The third kappa shape index (κ3) is 2.66. The van der Waals surface area contributed by atoms with Crippen LogP contribution in [0.3, 0.4) is 0 Å². The molecule has 0 saturated carbocycles. The van der Waals surface area contributed by atoms with E-state index in [4.69, 9.17) is 20.3 Å². The summed E-state index contributed by atoms with van der Waals surface area (Å²) in [5.74, 6) is 0.935. The van der Waals surface area contributed by atoms with Gasteiger partial charge in [-0.05, 0) is 18.2 Å². The molecule has 0 aliphatic carbocycles. The molecule has 0 bridgehead atoms. The lowest BCUT2D eigenvalue weighted by Gasteiger charge is -2.09. The number of fused-ring (bicyclic) bond motifs is 1. The fraction of sp³-hybridized carbons (Fsp3) is 0.364. The predicted octanol–water partition coefficient (Wildman–Crippen LogP) is -0.535. The number of benzene rings is 1. The van der Waals surface area contributed by atoms with E-state index in [1.54, 1.807) is 18.2 Å². The van der Waals surface area contributed by atoms with Crippen LogP contribution in [0.1, 0.15) is 10.4 Å². The van der Waals surface area contributed by atoms with Crippen molar-refractivity contribution in [3.05, 3.63) is 23.8 Å². The van der Waals surface area contributed by atoms with Crippen LogP contribution in [0.2, 0.25) is 0 Å². The van der Waals surface area contributed by atoms with Crippen LogP contribution in [0.25, 0.3) is 0 Å². The van der Waals surface area contributed by atoms with E-state index in [9.17, 15) is 4.79 Å². The van der Waals surface area contributed by atoms with Crippen molar-refractivity contribution in [1.82, 2.24) is 5.32 Å². The van der Waals surface area contributed by atoms with Gasteiger partial charge in [-0.15, -0.1) is 0 Å². The first-order valence-electron chi connectivity index (χ1n) is 5.25. The molecule has 6 heteroatoms. The van der Waals surface area contributed by atoms with Gasteiger partial charge >= 0.3 is 0 Å². The molecular formula is C11H14N2O4. The van der Waals surface area contributed by atoms with E-state index in [1.807, 2.05) is 0 Å². The third-order valence-electron chi connectivity index (χ3n) is 2.39. The SMILES string of the molecule is N[C@@H](CO)CNC(=O)c1ccc2c(c1)OCO2. The summed E-state index contributed by atoms with van der Waals surface area (Å²) in [4.78, 5) is 11.7. The van der Waals surface area contributed by atoms with Crippen molar-refractivity contribution in [3.63, 3.8) is 0 Å². The topological polar surface area (TPSA) is 93.8 Å². The number of nitrogens with two attached hydrogens (primary N) is 1. The quantitative estimate of drug-likeness (QED) is 0.655. The van der Waals surface area contributed by atoms with Gasteiger partial charge in [0.1, 0.15) is 0 Å². The normalized spacial score (nSPS) is 14.5. The van der Waals surface area contributed by atoms with Crippen molar-refractivity contribution < 1.29 is 19.4 Å². The van der Waals surface area contributed by atoms with Gasteiger partial charge in [-0.25, -0.2) is 0 Å². The average Bonchev–Trinajstić information content (AvgIpc) is 2.82. The van der Waals surface area contributed by atoms with Crippen molar-refractivity contribution in [2.75, 3.05) is 19.9 Å². The maximum atomic E-state index is 11.7. The number of amides is 1. The molecule has 1 aromatic carbocycles. The summed E-state index contributed by atoms with van der Waals surface area (Å²) in [5, 5.41) is 11.4. The number of carbonyl (C=O) groups is 1. The highest BCUT2D eigenvalue weighted by molar-refractivity contribution is 5.94. The number of nitrogens with one attached hydrogen (secondary N) is 1. The molecule has 1 aliphatic rings. The molecule has 0 spiro atoms. The van der Waals surface area contributed by atoms with Crippen molar-refractivity contribution in [2.45, 2.75) is 6.04 Å². The van der Waals surface area contributed by atoms with Gasteiger partial charge in [0.05, 0.1) is 6.61 Å². The number of ether oxygens (including phenoxy) is 2. The summed E-state index contributed by atoms with van der Waals surface area (Å²) in [7, 11) is 0. The maximum absolute atomic E-state index is 11.7. The molecule has 2 rings (SSSR count). The molecule has 1 atom stereocenters. The Bertz CT molecular complexity index is 422. The molecular weight excluding hydrogens is 224 g/mol. The molecule has 6 nitrogen and oxygen atoms in total. The number of hydrogen-bond donors (Lipinski definition) is 3. The standard InChI is InChI=1S/C11H14N2O4/c12-8(5-14)4-13-11(15)7-1-2-9-10(3-7)17-6-16-9/h1-3,8,14H,4-6,12H2,(H,13,15)/t8-/m1/s1. The lowest BCUT2D eigenvalue weighted by molar-refractivity contribution is 0.0947. The molecule has 1 aromatic rings. The van der Waals surface area contributed by atoms with Crippen LogP contribution in [-0.4, -0.2) is 37.0 Å². The minimum absolute atomic E-state index is 0.165. The highest BCUT2D eigenvalue weighted by Crippen LogP contribution is 2.32. The Hall–Kier alpha value is -1.79. The van der Waals surface area contributed by atoms with E-state index in [2.05, 4.69) is 5.32 Å². The predicted molar refractivity (Wildman–Crippen MR) is 60.0 cm³/mol. The van der Waals surface area contributed by atoms with Gasteiger partial charge in [0.15, 0.2) is 11.5 Å². The molecule has 0 aromatic heterocycles. The zero-order chi connectivity index (χ0) is 12.3. The molecule has 0 radical (unpaired) electrons. The smallest absolute Gasteiger partial charge is 0.251 e. The van der Waals surface area contributed by atoms with E-state index in [0.717, 1.165) is 0 Å². The average molecular weight is 238 g/mol. The van der Waals surface area contributed by atoms with Gasteiger partial charge in [0.2, 0.25) is 6.79 Å². The molecule has 92 valence electrons. The Morgan fingerprint density at radius 2 is 2.24 bits per heavy atom. The lowest BCUT2D eigenvalue weighted by atomic mass is 10.2. The second-order valence-corrected chi connectivity index (χ2v) is 3.72. The summed E-state index contributed by atoms with van der Waals surface area (Å²) in [6.45, 7) is 0.237. The number of rotatable bonds is 4. The zero-order valence-corrected chi connectivity index (χ0v) is 9.18. The Morgan fingerprint density at radius 3 is 3.00 bits per heavy atom. The van der Waals surface area contributed by atoms with Gasteiger partial charge < -0.3 is 25.6 Å². The van der Waals surface area contributed by atoms with Crippen molar-refractivity contribution in [1.29, 1.82) is 0 Å². The van der Waals surface area contributed by atoms with Crippen LogP contribution in [-0.2, 0) is 0 Å². The van der Waals surface area contributed by atoms with Gasteiger partial charge in [-0.1, -0.05) is 0 Å². The zero-order valence-electron chi connectivity index (χ0n) is 9.18. The summed E-state index contributed by atoms with van der Waals surface area (Å²) >= 11 is 0. The number of carbonyl (C=O) groups excluding carboxylic acids is 1. The fourth-order valence-electron chi connectivity index (χ4n) is 1.43. The van der Waals surface area contributed by atoms with Crippen LogP contribution < -0.4 is 20.5 Å². The molecule has 1 heterocycles. The van der Waals surface area contributed by atoms with Crippen molar-refractivity contribution in [3.8, 4) is 11.5 Å². The highest BCUT2D eigenvalue weighted by Gasteiger charge is 2.16. The monoisotopic (exact) mass is 238 g/mol. The Balaban J connectivity index is 2.00. The first-order chi connectivity index (χ1) is 8.20. The molecule has 0 fully saturated rings. The Kier molecular flexibility index (Phi) is 3.46. The summed E-state index contributed by atoms with van der Waals surface area (Å²) in [5.41, 5.74) is 5.95. The minimum Gasteiger partial charge on any atom is -0.454 e. The molecule has 0 unspecified atom stereocenters. The van der Waals surface area contributed by atoms with Gasteiger partial charge in [-0.3, -0.25) is 4.79 Å². The number of hydrogen-bond acceptors (Lipinski definition) is 5. The number of aliphatic hydroxyl groups is 1. The van der Waals surface area contributed by atoms with Crippen LogP contribution in [0, 0.1) is 0 Å². The van der Waals surface area contributed by atoms with Crippen molar-refractivity contribution in [2.24, 2.45) is 5.73 Å². The largest absolute Gasteiger partial charge is 0.454 e. The summed E-state index contributed by atoms with van der Waals surface area (Å²) < 4.78 is 10.3. The van der Waals surface area contributed by atoms with Crippen LogP contribution in [0.5, 0.6) is 11.5 Å². The molecule has 4 N–H and O–H groups in total. The van der Waals surface area contributed by atoms with E-state index in [1.165, 1.54) is 0 Å². The fourth-order valence-corrected chi connectivity index (χ4v) is 1.43. The summed E-state index contributed by atoms with van der Waals surface area (Å²) in [6, 6.07) is 4.49. The highest BCUT2D eigenvalue weighted by atomic mass is 16.7. The van der Waals surface area contributed by atoms with E-state index in [0.29, 0.717) is 17.1 Å². The number of aliphatic hydroxyl groups excluding tert-OH is 1. The van der Waals surface area contributed by atoms with Gasteiger partial charge in [0.25, 0.3) is 5.91 Å². The lowest BCUT2D eigenvalue weighted by Crippen LogP contribution is -2.39. The first-order valence-corrected chi connectivity index (χ1v) is 5.25. The summed E-state index contributed by atoms with van der Waals surface area (Å²) in [6.07, 6.45) is 0. The Morgan fingerprint density at radius 1 is 1.47 bits per heavy atom. The van der Waals surface area contributed by atoms with Crippen LogP contribution in [0.4, 0.5) is 0 Å². The minimum atomic E-state index is -0.451. The maximum Gasteiger partial charge on any atom is 0.251 e. The third-order valence-corrected chi connectivity index (χ3v) is 2.39. The molecule has 0 saturated heterocycles. The van der Waals surface area contributed by atoms with Crippen LogP contribution in [0.15, 0.2) is 18.2 Å².